The molecule has 0 heterocycles. The van der Waals surface area contributed by atoms with Gasteiger partial charge in [-0.1, -0.05) is 30.5 Å². The van der Waals surface area contributed by atoms with Gasteiger partial charge in [0.15, 0.2) is 0 Å². The number of carbonyl (C=O) groups is 1. The maximum absolute atomic E-state index is 13.6. The van der Waals surface area contributed by atoms with E-state index in [1.165, 1.54) is 12.1 Å². The van der Waals surface area contributed by atoms with Gasteiger partial charge >= 0.3 is 0 Å². The van der Waals surface area contributed by atoms with Crippen LogP contribution in [0.1, 0.15) is 31.2 Å². The van der Waals surface area contributed by atoms with Crippen molar-refractivity contribution in [1.82, 2.24) is 5.32 Å². The Hall–Kier alpha value is -1.13. The third-order valence-corrected chi connectivity index (χ3v) is 3.83. The number of benzene rings is 1. The van der Waals surface area contributed by atoms with Crippen molar-refractivity contribution in [2.45, 2.75) is 44.2 Å². The molecular weight excluding hydrogens is 269 g/mol. The van der Waals surface area contributed by atoms with E-state index in [1.54, 1.807) is 6.07 Å². The molecule has 1 aliphatic carbocycles. The largest absolute Gasteiger partial charge is 0.391 e. The average Bonchev–Trinajstić information content (AvgIpc) is 2.37. The van der Waals surface area contributed by atoms with E-state index < -0.39 is 11.9 Å². The van der Waals surface area contributed by atoms with Crippen molar-refractivity contribution in [2.24, 2.45) is 0 Å². The highest BCUT2D eigenvalue weighted by Gasteiger charge is 2.24. The molecule has 2 N–H and O–H groups in total. The van der Waals surface area contributed by atoms with Gasteiger partial charge in [-0.15, -0.1) is 0 Å². The molecule has 2 atom stereocenters. The van der Waals surface area contributed by atoms with Gasteiger partial charge in [0, 0.05) is 10.6 Å². The molecule has 1 aliphatic rings. The number of rotatable bonds is 3. The molecule has 5 heteroatoms. The zero-order chi connectivity index (χ0) is 13.8. The van der Waals surface area contributed by atoms with Gasteiger partial charge in [0.2, 0.25) is 5.91 Å². The monoisotopic (exact) mass is 285 g/mol. The van der Waals surface area contributed by atoms with Crippen LogP contribution in [-0.2, 0) is 11.2 Å². The van der Waals surface area contributed by atoms with Crippen molar-refractivity contribution in [3.05, 3.63) is 34.6 Å². The normalized spacial score (nSPS) is 23.1. The summed E-state index contributed by atoms with van der Waals surface area (Å²) in [5.41, 5.74) is 0.201. The van der Waals surface area contributed by atoms with E-state index in [0.717, 1.165) is 19.3 Å². The molecule has 3 nitrogen and oxygen atoms in total. The van der Waals surface area contributed by atoms with Gasteiger partial charge in [-0.05, 0) is 25.0 Å². The van der Waals surface area contributed by atoms with Crippen LogP contribution < -0.4 is 5.32 Å². The van der Waals surface area contributed by atoms with Crippen LogP contribution in [0.5, 0.6) is 0 Å². The van der Waals surface area contributed by atoms with Crippen molar-refractivity contribution in [1.29, 1.82) is 0 Å². The summed E-state index contributed by atoms with van der Waals surface area (Å²) in [7, 11) is 0. The van der Waals surface area contributed by atoms with Crippen molar-refractivity contribution in [2.75, 3.05) is 0 Å². The molecule has 1 amide bonds. The first-order valence-electron chi connectivity index (χ1n) is 6.48. The predicted octanol–water partition coefficient (Wildman–Crippen LogP) is 2.44. The van der Waals surface area contributed by atoms with E-state index in [2.05, 4.69) is 5.32 Å². The first-order chi connectivity index (χ1) is 9.08. The highest BCUT2D eigenvalue weighted by molar-refractivity contribution is 6.31. The van der Waals surface area contributed by atoms with E-state index in [-0.39, 0.29) is 29.0 Å². The fraction of sp³-hybridized carbons (Fsp3) is 0.500. The van der Waals surface area contributed by atoms with Gasteiger partial charge < -0.3 is 10.4 Å². The summed E-state index contributed by atoms with van der Waals surface area (Å²) in [4.78, 5) is 11.9. The lowest BCUT2D eigenvalue weighted by atomic mass is 9.92. The summed E-state index contributed by atoms with van der Waals surface area (Å²) in [5, 5.41) is 12.8. The lowest BCUT2D eigenvalue weighted by molar-refractivity contribution is -0.122. The zero-order valence-corrected chi connectivity index (χ0v) is 11.3. The van der Waals surface area contributed by atoms with Gasteiger partial charge in [0.1, 0.15) is 5.82 Å². The summed E-state index contributed by atoms with van der Waals surface area (Å²) < 4.78 is 13.6. The predicted molar refractivity (Wildman–Crippen MR) is 71.5 cm³/mol. The van der Waals surface area contributed by atoms with E-state index in [0.29, 0.717) is 6.42 Å². The molecule has 0 saturated heterocycles. The molecule has 104 valence electrons. The minimum Gasteiger partial charge on any atom is -0.391 e. The van der Waals surface area contributed by atoms with Crippen LogP contribution in [0.3, 0.4) is 0 Å². The Morgan fingerprint density at radius 2 is 2.16 bits per heavy atom. The molecule has 0 spiro atoms. The molecule has 1 aromatic carbocycles. The fourth-order valence-corrected chi connectivity index (χ4v) is 2.63. The van der Waals surface area contributed by atoms with Gasteiger partial charge in [-0.25, -0.2) is 4.39 Å². The van der Waals surface area contributed by atoms with Gasteiger partial charge in [0.05, 0.1) is 18.6 Å². The molecule has 0 radical (unpaired) electrons. The smallest absolute Gasteiger partial charge is 0.224 e. The Balaban J connectivity index is 1.97. The number of hydrogen-bond donors (Lipinski definition) is 2. The standard InChI is InChI=1S/C14H17ClFNO2/c15-10-4-3-5-11(16)9(10)8-14(19)17-12-6-1-2-7-13(12)18/h3-5,12-13,18H,1-2,6-8H2,(H,17,19). The van der Waals surface area contributed by atoms with E-state index in [1.807, 2.05) is 0 Å². The Morgan fingerprint density at radius 1 is 1.42 bits per heavy atom. The number of nitrogens with one attached hydrogen (secondary N) is 1. The molecule has 19 heavy (non-hydrogen) atoms. The summed E-state index contributed by atoms with van der Waals surface area (Å²) in [6, 6.07) is 4.11. The number of halogens is 2. The highest BCUT2D eigenvalue weighted by Crippen LogP contribution is 2.21. The molecule has 0 aliphatic heterocycles. The molecule has 2 unspecified atom stereocenters. The van der Waals surface area contributed by atoms with Gasteiger partial charge in [-0.3, -0.25) is 4.79 Å². The number of carbonyl (C=O) groups excluding carboxylic acids is 1. The zero-order valence-electron chi connectivity index (χ0n) is 10.5. The average molecular weight is 286 g/mol. The van der Waals surface area contributed by atoms with Crippen molar-refractivity contribution < 1.29 is 14.3 Å². The minimum atomic E-state index is -0.506. The number of aliphatic hydroxyl groups excluding tert-OH is 1. The second-order valence-corrected chi connectivity index (χ2v) is 5.31. The summed E-state index contributed by atoms with van der Waals surface area (Å²) >= 11 is 5.88. The van der Waals surface area contributed by atoms with E-state index >= 15 is 0 Å². The van der Waals surface area contributed by atoms with Crippen molar-refractivity contribution >= 4 is 17.5 Å². The molecular formula is C14H17ClFNO2. The Morgan fingerprint density at radius 3 is 2.84 bits per heavy atom. The molecule has 1 saturated carbocycles. The lowest BCUT2D eigenvalue weighted by Gasteiger charge is -2.28. The Kier molecular flexibility index (Phi) is 4.77. The topological polar surface area (TPSA) is 49.3 Å². The van der Waals surface area contributed by atoms with Crippen molar-refractivity contribution in [3.63, 3.8) is 0 Å². The van der Waals surface area contributed by atoms with E-state index in [9.17, 15) is 14.3 Å². The quantitative estimate of drug-likeness (QED) is 0.896. The van der Waals surface area contributed by atoms with Crippen LogP contribution in [0.2, 0.25) is 5.02 Å². The van der Waals surface area contributed by atoms with Crippen LogP contribution in [0.15, 0.2) is 18.2 Å². The fourth-order valence-electron chi connectivity index (χ4n) is 2.40. The number of amides is 1. The highest BCUT2D eigenvalue weighted by atomic mass is 35.5. The SMILES string of the molecule is O=C(Cc1c(F)cccc1Cl)NC1CCCCC1O. The second-order valence-electron chi connectivity index (χ2n) is 4.90. The van der Waals surface area contributed by atoms with Gasteiger partial charge in [-0.2, -0.15) is 0 Å². The second kappa shape index (κ2) is 6.35. The minimum absolute atomic E-state index is 0.102. The number of hydrogen-bond acceptors (Lipinski definition) is 2. The molecule has 1 aromatic rings. The Bertz CT molecular complexity index is 447. The van der Waals surface area contributed by atoms with Crippen LogP contribution in [0, 0.1) is 5.82 Å². The van der Waals surface area contributed by atoms with Crippen LogP contribution >= 0.6 is 11.6 Å². The van der Waals surface area contributed by atoms with Crippen LogP contribution in [0.25, 0.3) is 0 Å². The molecule has 0 aromatic heterocycles. The first-order valence-corrected chi connectivity index (χ1v) is 6.86. The Labute approximate surface area is 116 Å². The van der Waals surface area contributed by atoms with E-state index in [4.69, 9.17) is 11.6 Å². The molecule has 1 fully saturated rings. The first kappa shape index (κ1) is 14.3. The summed E-state index contributed by atoms with van der Waals surface area (Å²) in [5.74, 6) is -0.787. The summed E-state index contributed by atoms with van der Waals surface area (Å²) in [6.07, 6.45) is 2.82. The maximum Gasteiger partial charge on any atom is 0.224 e. The van der Waals surface area contributed by atoms with Crippen LogP contribution in [-0.4, -0.2) is 23.2 Å². The third-order valence-electron chi connectivity index (χ3n) is 3.47. The molecule has 0 bridgehead atoms. The summed E-state index contributed by atoms with van der Waals surface area (Å²) in [6.45, 7) is 0. The van der Waals surface area contributed by atoms with Crippen molar-refractivity contribution in [3.8, 4) is 0 Å². The number of aliphatic hydroxyl groups is 1. The maximum atomic E-state index is 13.6. The van der Waals surface area contributed by atoms with Gasteiger partial charge in [0.25, 0.3) is 0 Å². The third kappa shape index (κ3) is 3.67. The van der Waals surface area contributed by atoms with Crippen LogP contribution in [0.4, 0.5) is 4.39 Å². The lowest BCUT2D eigenvalue weighted by Crippen LogP contribution is -2.45. The molecule has 2 rings (SSSR count).